The Balaban J connectivity index is 0.000000241. The quantitative estimate of drug-likeness (QED) is 0.0834. The molecule has 44 heavy (non-hydrogen) atoms. The molecule has 4 aromatic rings. The fourth-order valence-corrected chi connectivity index (χ4v) is 4.12. The van der Waals surface area contributed by atoms with E-state index in [-0.39, 0.29) is 24.7 Å². The normalized spacial score (nSPS) is 11.8. The maximum Gasteiger partial charge on any atom is 0.324 e. The zero-order chi connectivity index (χ0) is 32.1. The lowest BCUT2D eigenvalue weighted by Gasteiger charge is -2.15. The van der Waals surface area contributed by atoms with Crippen molar-refractivity contribution in [1.82, 2.24) is 10.6 Å². The number of nitrogen functional groups attached to an aromatic ring is 1. The molecule has 0 aliphatic carbocycles. The van der Waals surface area contributed by atoms with Crippen LogP contribution >= 0.6 is 0 Å². The van der Waals surface area contributed by atoms with Crippen molar-refractivity contribution >= 4 is 23.3 Å². The van der Waals surface area contributed by atoms with Crippen LogP contribution < -0.4 is 25.8 Å². The number of ether oxygens (including phenoxy) is 2. The number of rotatable bonds is 13. The van der Waals surface area contributed by atoms with Gasteiger partial charge in [0.15, 0.2) is 5.75 Å². The summed E-state index contributed by atoms with van der Waals surface area (Å²) in [6.07, 6.45) is 0. The largest absolute Gasteiger partial charge is 0.489 e. The lowest BCUT2D eigenvalue weighted by molar-refractivity contribution is -0.385. The van der Waals surface area contributed by atoms with Crippen molar-refractivity contribution in [2.75, 3.05) is 33.0 Å². The molecule has 0 saturated heterocycles. The molecule has 12 heteroatoms. The predicted octanol–water partition coefficient (Wildman–Crippen LogP) is 4.30. The van der Waals surface area contributed by atoms with Crippen LogP contribution in [0.5, 0.6) is 11.5 Å². The van der Waals surface area contributed by atoms with Crippen LogP contribution in [0.1, 0.15) is 0 Å². The molecule has 0 bridgehead atoms. The lowest BCUT2D eigenvalue weighted by atomic mass is 10.0. The van der Waals surface area contributed by atoms with Crippen LogP contribution in [0.25, 0.3) is 22.3 Å². The van der Waals surface area contributed by atoms with Crippen molar-refractivity contribution in [2.24, 2.45) is 0 Å². The molecular weight excluding hydrogens is 568 g/mol. The SMILES string of the molecule is CN[C@@H](COc1cccc(-c2ccccc2)c1N)C(=O)O.CN[C@@H](COc1cccc(-c2ccccc2)c1[N+](=O)[O-])C(=O)O. The van der Waals surface area contributed by atoms with Gasteiger partial charge in [0.2, 0.25) is 0 Å². The molecule has 0 aliphatic rings. The minimum Gasteiger partial charge on any atom is -0.489 e. The second-order valence-electron chi connectivity index (χ2n) is 9.34. The van der Waals surface area contributed by atoms with Gasteiger partial charge in [-0.1, -0.05) is 78.9 Å². The summed E-state index contributed by atoms with van der Waals surface area (Å²) in [6.45, 7) is -0.209. The monoisotopic (exact) mass is 602 g/mol. The van der Waals surface area contributed by atoms with Gasteiger partial charge in [-0.3, -0.25) is 19.7 Å². The first-order valence-electron chi connectivity index (χ1n) is 13.5. The fourth-order valence-electron chi connectivity index (χ4n) is 4.12. The Morgan fingerprint density at radius 2 is 1.16 bits per heavy atom. The summed E-state index contributed by atoms with van der Waals surface area (Å²) in [6, 6.07) is 27.1. The first-order chi connectivity index (χ1) is 21.2. The number of nitrogens with zero attached hydrogens (tertiary/aromatic N) is 1. The van der Waals surface area contributed by atoms with E-state index in [9.17, 15) is 19.7 Å². The number of carbonyl (C=O) groups is 2. The molecule has 0 fully saturated rings. The van der Waals surface area contributed by atoms with Gasteiger partial charge < -0.3 is 36.1 Å². The van der Waals surface area contributed by atoms with Crippen LogP contribution in [0, 0.1) is 10.1 Å². The van der Waals surface area contributed by atoms with Crippen LogP contribution in [0.15, 0.2) is 97.1 Å². The van der Waals surface area contributed by atoms with Gasteiger partial charge >= 0.3 is 17.6 Å². The molecule has 0 spiro atoms. The minimum absolute atomic E-state index is 0.00821. The lowest BCUT2D eigenvalue weighted by Crippen LogP contribution is -2.39. The number of nitro groups is 1. The third-order valence-corrected chi connectivity index (χ3v) is 6.52. The molecule has 0 aliphatic heterocycles. The van der Waals surface area contributed by atoms with Crippen molar-refractivity contribution in [1.29, 1.82) is 0 Å². The highest BCUT2D eigenvalue weighted by atomic mass is 16.6. The summed E-state index contributed by atoms with van der Waals surface area (Å²) < 4.78 is 10.9. The molecule has 4 aromatic carbocycles. The van der Waals surface area contributed by atoms with Gasteiger partial charge in [-0.05, 0) is 43.4 Å². The number of nitrogens with two attached hydrogens (primary N) is 1. The summed E-state index contributed by atoms with van der Waals surface area (Å²) in [4.78, 5) is 32.9. The van der Waals surface area contributed by atoms with Crippen LogP contribution in [0.4, 0.5) is 11.4 Å². The predicted molar refractivity (Wildman–Crippen MR) is 167 cm³/mol. The number of hydrogen-bond donors (Lipinski definition) is 5. The number of carboxylic acid groups (broad SMARTS) is 2. The number of aliphatic carboxylic acids is 2. The number of carboxylic acids is 2. The topological polar surface area (TPSA) is 186 Å². The number of anilines is 1. The Morgan fingerprint density at radius 1 is 0.727 bits per heavy atom. The van der Waals surface area contributed by atoms with Crippen molar-refractivity contribution in [3.63, 3.8) is 0 Å². The van der Waals surface area contributed by atoms with E-state index in [0.29, 0.717) is 22.6 Å². The Labute approximate surface area is 254 Å². The molecule has 12 nitrogen and oxygen atoms in total. The van der Waals surface area contributed by atoms with Crippen molar-refractivity contribution < 1.29 is 34.2 Å². The molecule has 4 rings (SSSR count). The maximum atomic E-state index is 11.5. The zero-order valence-corrected chi connectivity index (χ0v) is 24.2. The number of nitro benzene ring substituents is 1. The van der Waals surface area contributed by atoms with Crippen LogP contribution in [0.3, 0.4) is 0 Å². The van der Waals surface area contributed by atoms with Crippen molar-refractivity contribution in [2.45, 2.75) is 12.1 Å². The Hall–Kier alpha value is -5.46. The zero-order valence-electron chi connectivity index (χ0n) is 24.2. The van der Waals surface area contributed by atoms with Crippen molar-refractivity contribution in [3.05, 3.63) is 107 Å². The van der Waals surface area contributed by atoms with Gasteiger partial charge in [-0.2, -0.15) is 0 Å². The summed E-state index contributed by atoms with van der Waals surface area (Å²) >= 11 is 0. The summed E-state index contributed by atoms with van der Waals surface area (Å²) in [5.41, 5.74) is 9.41. The molecule has 0 radical (unpaired) electrons. The van der Waals surface area contributed by atoms with Gasteiger partial charge in [0.25, 0.3) is 0 Å². The average Bonchev–Trinajstić information content (AvgIpc) is 3.03. The molecule has 0 saturated carbocycles. The summed E-state index contributed by atoms with van der Waals surface area (Å²) in [5, 5.41) is 34.7. The Morgan fingerprint density at radius 3 is 1.61 bits per heavy atom. The van der Waals surface area contributed by atoms with Gasteiger partial charge in [0.05, 0.1) is 16.2 Å². The molecule has 2 atom stereocenters. The van der Waals surface area contributed by atoms with E-state index < -0.39 is 28.9 Å². The van der Waals surface area contributed by atoms with E-state index in [2.05, 4.69) is 10.6 Å². The number of benzene rings is 4. The Kier molecular flexibility index (Phi) is 12.2. The van der Waals surface area contributed by atoms with E-state index in [4.69, 9.17) is 25.4 Å². The van der Waals surface area contributed by atoms with Gasteiger partial charge in [0.1, 0.15) is 31.0 Å². The molecular formula is C32H34N4O8. The first-order valence-corrected chi connectivity index (χ1v) is 13.5. The Bertz CT molecular complexity index is 1550. The molecule has 6 N–H and O–H groups in total. The van der Waals surface area contributed by atoms with Gasteiger partial charge in [-0.25, -0.2) is 0 Å². The summed E-state index contributed by atoms with van der Waals surface area (Å²) in [7, 11) is 3.06. The highest BCUT2D eigenvalue weighted by Crippen LogP contribution is 2.37. The third-order valence-electron chi connectivity index (χ3n) is 6.52. The average molecular weight is 603 g/mol. The van der Waals surface area contributed by atoms with Crippen LogP contribution in [0.2, 0.25) is 0 Å². The number of likely N-dealkylation sites (N-methyl/N-ethyl adjacent to an activating group) is 2. The highest BCUT2D eigenvalue weighted by molar-refractivity contribution is 5.81. The minimum atomic E-state index is -1.09. The van der Waals surface area contributed by atoms with Crippen LogP contribution in [-0.4, -0.2) is 66.5 Å². The standard InChI is InChI=1S/C16H16N2O5.C16H18N2O3/c1-17-13(16(19)20)10-23-14-9-5-8-12(15(14)18(21)22)11-6-3-2-4-7-11;1-18-13(16(19)20)10-21-14-9-5-8-12(15(14)17)11-6-3-2-4-7-11/h2-9,13,17H,10H2,1H3,(H,19,20);2-9,13,18H,10,17H2,1H3,(H,19,20)/t2*13-/m00/s1. The van der Waals surface area contributed by atoms with E-state index in [1.165, 1.54) is 13.1 Å². The number of hydrogen-bond acceptors (Lipinski definition) is 9. The van der Waals surface area contributed by atoms with Crippen molar-refractivity contribution in [3.8, 4) is 33.8 Å². The molecule has 0 heterocycles. The number of para-hydroxylation sites is 2. The number of nitrogens with one attached hydrogen (secondary N) is 2. The molecule has 230 valence electrons. The smallest absolute Gasteiger partial charge is 0.324 e. The summed E-state index contributed by atoms with van der Waals surface area (Å²) in [5.74, 6) is -1.53. The van der Waals surface area contributed by atoms with E-state index >= 15 is 0 Å². The van der Waals surface area contributed by atoms with Gasteiger partial charge in [-0.15, -0.1) is 0 Å². The third kappa shape index (κ3) is 8.77. The second kappa shape index (κ2) is 16.2. The molecule has 0 unspecified atom stereocenters. The van der Waals surface area contributed by atoms with E-state index in [1.54, 1.807) is 49.5 Å². The highest BCUT2D eigenvalue weighted by Gasteiger charge is 2.24. The second-order valence-corrected chi connectivity index (χ2v) is 9.34. The van der Waals surface area contributed by atoms with Gasteiger partial charge in [0, 0.05) is 5.56 Å². The van der Waals surface area contributed by atoms with E-state index in [0.717, 1.165) is 11.1 Å². The van der Waals surface area contributed by atoms with Crippen LogP contribution in [-0.2, 0) is 9.59 Å². The molecule has 0 aromatic heterocycles. The van der Waals surface area contributed by atoms with E-state index in [1.807, 2.05) is 48.5 Å². The molecule has 0 amide bonds. The first kappa shape index (κ1) is 33.0. The fraction of sp³-hybridized carbons (Fsp3) is 0.188. The maximum absolute atomic E-state index is 11.5.